The lowest BCUT2D eigenvalue weighted by Crippen LogP contribution is -2.13. The first kappa shape index (κ1) is 19.1. The van der Waals surface area contributed by atoms with Crippen molar-refractivity contribution < 1.29 is 0 Å². The van der Waals surface area contributed by atoms with Gasteiger partial charge in [0.1, 0.15) is 0 Å². The molecular formula is C25H29ClN2. The van der Waals surface area contributed by atoms with E-state index in [0.29, 0.717) is 5.92 Å². The van der Waals surface area contributed by atoms with Gasteiger partial charge in [0, 0.05) is 28.7 Å². The third-order valence-electron chi connectivity index (χ3n) is 5.96. The molecule has 0 saturated carbocycles. The number of halogens is 1. The van der Waals surface area contributed by atoms with Crippen LogP contribution in [0, 0.1) is 13.8 Å². The van der Waals surface area contributed by atoms with E-state index in [1.807, 2.05) is 6.20 Å². The molecule has 0 spiro atoms. The Labute approximate surface area is 172 Å². The van der Waals surface area contributed by atoms with Gasteiger partial charge in [-0.1, -0.05) is 51.4 Å². The fourth-order valence-corrected chi connectivity index (χ4v) is 5.25. The van der Waals surface area contributed by atoms with Gasteiger partial charge >= 0.3 is 0 Å². The minimum atomic E-state index is 0.112. The molecule has 0 amide bonds. The van der Waals surface area contributed by atoms with Crippen molar-refractivity contribution in [3.63, 3.8) is 0 Å². The molecule has 4 rings (SSSR count). The number of aromatic nitrogens is 2. The van der Waals surface area contributed by atoms with Gasteiger partial charge in [0.15, 0.2) is 0 Å². The minimum absolute atomic E-state index is 0.112. The minimum Gasteiger partial charge on any atom is -0.361 e. The summed E-state index contributed by atoms with van der Waals surface area (Å²) in [5, 5.41) is 3.38. The van der Waals surface area contributed by atoms with Crippen molar-refractivity contribution in [3.05, 3.63) is 69.5 Å². The van der Waals surface area contributed by atoms with Crippen LogP contribution in [0.2, 0.25) is 5.02 Å². The van der Waals surface area contributed by atoms with Crippen LogP contribution < -0.4 is 0 Å². The van der Waals surface area contributed by atoms with Crippen LogP contribution in [-0.2, 0) is 11.8 Å². The van der Waals surface area contributed by atoms with Gasteiger partial charge in [0.05, 0.1) is 10.5 Å². The normalized spacial score (nSPS) is 13.5. The molecule has 0 radical (unpaired) electrons. The fraction of sp³-hybridized carbons (Fsp3) is 0.360. The highest BCUT2D eigenvalue weighted by Crippen LogP contribution is 2.38. The largest absolute Gasteiger partial charge is 0.361 e. The van der Waals surface area contributed by atoms with Gasteiger partial charge < -0.3 is 9.97 Å². The molecule has 0 fully saturated rings. The number of aryl methyl sites for hydroxylation is 2. The summed E-state index contributed by atoms with van der Waals surface area (Å²) in [4.78, 5) is 6.88. The van der Waals surface area contributed by atoms with Crippen LogP contribution in [0.25, 0.3) is 21.8 Å². The van der Waals surface area contributed by atoms with Crippen LogP contribution in [-0.4, -0.2) is 9.97 Å². The molecule has 4 aromatic rings. The predicted octanol–water partition coefficient (Wildman–Crippen LogP) is 7.56. The Hall–Kier alpha value is -2.19. The monoisotopic (exact) mass is 392 g/mol. The summed E-state index contributed by atoms with van der Waals surface area (Å²) in [5.41, 5.74) is 9.23. The van der Waals surface area contributed by atoms with E-state index in [1.54, 1.807) is 0 Å². The molecule has 2 nitrogen and oxygen atoms in total. The van der Waals surface area contributed by atoms with E-state index in [1.165, 1.54) is 44.1 Å². The Morgan fingerprint density at radius 1 is 0.964 bits per heavy atom. The van der Waals surface area contributed by atoms with Crippen LogP contribution in [0.5, 0.6) is 0 Å². The molecule has 2 heterocycles. The van der Waals surface area contributed by atoms with Crippen molar-refractivity contribution in [2.45, 2.75) is 59.3 Å². The topological polar surface area (TPSA) is 31.6 Å². The van der Waals surface area contributed by atoms with Gasteiger partial charge in [-0.05, 0) is 71.6 Å². The maximum atomic E-state index is 6.44. The molecule has 28 heavy (non-hydrogen) atoms. The molecule has 3 heteroatoms. The van der Waals surface area contributed by atoms with Gasteiger partial charge in [-0.2, -0.15) is 0 Å². The Morgan fingerprint density at radius 2 is 1.71 bits per heavy atom. The van der Waals surface area contributed by atoms with Crippen LogP contribution in [0.3, 0.4) is 0 Å². The second-order valence-corrected chi connectivity index (χ2v) is 9.61. The molecule has 0 aliphatic carbocycles. The Bertz CT molecular complexity index is 1170. The molecule has 0 aliphatic rings. The molecule has 0 saturated heterocycles. The Kier molecular flexibility index (Phi) is 4.58. The van der Waals surface area contributed by atoms with Gasteiger partial charge in [0.25, 0.3) is 0 Å². The van der Waals surface area contributed by atoms with Gasteiger partial charge in [-0.3, -0.25) is 0 Å². The quantitative estimate of drug-likeness (QED) is 0.360. The van der Waals surface area contributed by atoms with Crippen LogP contribution in [0.4, 0.5) is 0 Å². The Morgan fingerprint density at radius 3 is 2.43 bits per heavy atom. The third-order valence-corrected chi connectivity index (χ3v) is 6.26. The molecule has 1 unspecified atom stereocenters. The highest BCUT2D eigenvalue weighted by atomic mass is 35.5. The van der Waals surface area contributed by atoms with E-state index >= 15 is 0 Å². The van der Waals surface area contributed by atoms with Crippen molar-refractivity contribution in [1.29, 1.82) is 0 Å². The molecule has 2 aromatic heterocycles. The summed E-state index contributed by atoms with van der Waals surface area (Å²) < 4.78 is 0. The summed E-state index contributed by atoms with van der Waals surface area (Å²) >= 11 is 6.44. The van der Waals surface area contributed by atoms with Crippen molar-refractivity contribution >= 4 is 33.4 Å². The SMILES string of the molecule is Cc1cc(Cl)c2[nH]ccc2c1C(C)Cc1c[nH]c2c(C(C)(C)C)c(C)ccc12. The smallest absolute Gasteiger partial charge is 0.0649 e. The first-order valence-electron chi connectivity index (χ1n) is 10.0. The maximum absolute atomic E-state index is 6.44. The molecule has 1 atom stereocenters. The number of aromatic amines is 2. The summed E-state index contributed by atoms with van der Waals surface area (Å²) in [7, 11) is 0. The van der Waals surface area contributed by atoms with Crippen LogP contribution in [0.1, 0.15) is 61.4 Å². The zero-order chi connectivity index (χ0) is 20.2. The van der Waals surface area contributed by atoms with E-state index in [9.17, 15) is 0 Å². The predicted molar refractivity (Wildman–Crippen MR) is 122 cm³/mol. The molecule has 0 aliphatic heterocycles. The van der Waals surface area contributed by atoms with E-state index in [2.05, 4.69) is 82.0 Å². The molecule has 0 bridgehead atoms. The lowest BCUT2D eigenvalue weighted by molar-refractivity contribution is 0.591. The number of nitrogens with one attached hydrogen (secondary N) is 2. The van der Waals surface area contributed by atoms with Crippen molar-refractivity contribution in [1.82, 2.24) is 9.97 Å². The van der Waals surface area contributed by atoms with Gasteiger partial charge in [-0.15, -0.1) is 0 Å². The molecule has 2 N–H and O–H groups in total. The zero-order valence-corrected chi connectivity index (χ0v) is 18.4. The zero-order valence-electron chi connectivity index (χ0n) is 17.6. The van der Waals surface area contributed by atoms with Crippen molar-refractivity contribution in [2.75, 3.05) is 0 Å². The van der Waals surface area contributed by atoms with Crippen molar-refractivity contribution in [2.24, 2.45) is 0 Å². The second-order valence-electron chi connectivity index (χ2n) is 9.20. The first-order chi connectivity index (χ1) is 13.2. The number of benzene rings is 2. The number of hydrogen-bond acceptors (Lipinski definition) is 0. The number of hydrogen-bond donors (Lipinski definition) is 2. The van der Waals surface area contributed by atoms with E-state index < -0.39 is 0 Å². The number of rotatable bonds is 3. The number of H-pyrrole nitrogens is 2. The third kappa shape index (κ3) is 3.04. The van der Waals surface area contributed by atoms with Gasteiger partial charge in [-0.25, -0.2) is 0 Å². The Balaban J connectivity index is 1.79. The lowest BCUT2D eigenvalue weighted by atomic mass is 9.82. The highest BCUT2D eigenvalue weighted by molar-refractivity contribution is 6.35. The maximum Gasteiger partial charge on any atom is 0.0649 e. The second kappa shape index (κ2) is 6.70. The molecular weight excluding hydrogens is 364 g/mol. The summed E-state index contributed by atoms with van der Waals surface area (Å²) in [6.07, 6.45) is 5.18. The standard InChI is InChI=1S/C25H29ClN2/c1-14-7-8-18-17(13-28-24(18)22(14)25(4,5)6)11-15(2)21-16(3)12-20(26)23-19(21)9-10-27-23/h7-10,12-13,15,27-28H,11H2,1-6H3. The van der Waals surface area contributed by atoms with Crippen molar-refractivity contribution in [3.8, 4) is 0 Å². The first-order valence-corrected chi connectivity index (χ1v) is 10.4. The summed E-state index contributed by atoms with van der Waals surface area (Å²) in [5.74, 6) is 0.397. The molecule has 2 aromatic carbocycles. The van der Waals surface area contributed by atoms with Crippen LogP contribution >= 0.6 is 11.6 Å². The fourth-order valence-electron chi connectivity index (χ4n) is 4.93. The van der Waals surface area contributed by atoms with Gasteiger partial charge in [0.2, 0.25) is 0 Å². The molecule has 146 valence electrons. The average Bonchev–Trinajstić information content (AvgIpc) is 3.21. The summed E-state index contributed by atoms with van der Waals surface area (Å²) in [6.45, 7) is 13.6. The number of fused-ring (bicyclic) bond motifs is 2. The van der Waals surface area contributed by atoms with E-state index in [-0.39, 0.29) is 5.41 Å². The summed E-state index contributed by atoms with van der Waals surface area (Å²) in [6, 6.07) is 8.78. The lowest BCUT2D eigenvalue weighted by Gasteiger charge is -2.23. The highest BCUT2D eigenvalue weighted by Gasteiger charge is 2.22. The van der Waals surface area contributed by atoms with Crippen LogP contribution in [0.15, 0.2) is 36.7 Å². The average molecular weight is 393 g/mol. The van der Waals surface area contributed by atoms with E-state index in [0.717, 1.165) is 17.0 Å². The van der Waals surface area contributed by atoms with E-state index in [4.69, 9.17) is 11.6 Å².